The van der Waals surface area contributed by atoms with E-state index in [2.05, 4.69) is 10.3 Å². The Morgan fingerprint density at radius 1 is 1.53 bits per heavy atom. The molecule has 0 fully saturated rings. The van der Waals surface area contributed by atoms with Gasteiger partial charge in [0.15, 0.2) is 5.13 Å². The Bertz CT molecular complexity index is 521. The number of rotatable bonds is 4. The number of hydrogen-bond donors (Lipinski definition) is 3. The van der Waals surface area contributed by atoms with Crippen LogP contribution in [0, 0.1) is 0 Å². The van der Waals surface area contributed by atoms with Crippen LogP contribution in [0.4, 0.5) is 5.13 Å². The van der Waals surface area contributed by atoms with Crippen LogP contribution in [0.3, 0.4) is 0 Å². The van der Waals surface area contributed by atoms with Crippen molar-refractivity contribution in [2.45, 2.75) is 6.54 Å². The Balaban J connectivity index is 2.03. The van der Waals surface area contributed by atoms with Crippen molar-refractivity contribution in [1.82, 2.24) is 10.3 Å². The lowest BCUT2D eigenvalue weighted by Gasteiger charge is -1.99. The number of aliphatic hydroxyl groups is 1. The molecule has 0 aliphatic heterocycles. The zero-order valence-electron chi connectivity index (χ0n) is 8.84. The van der Waals surface area contributed by atoms with Gasteiger partial charge in [-0.3, -0.25) is 4.79 Å². The fourth-order valence-electron chi connectivity index (χ4n) is 1.25. The van der Waals surface area contributed by atoms with Crippen molar-refractivity contribution in [2.75, 3.05) is 12.3 Å². The molecule has 0 atom stereocenters. The van der Waals surface area contributed by atoms with Crippen molar-refractivity contribution in [1.29, 1.82) is 0 Å². The average Bonchev–Trinajstić information content (AvgIpc) is 2.94. The molecule has 0 aliphatic carbocycles. The molecule has 2 aromatic heterocycles. The maximum atomic E-state index is 10.9. The van der Waals surface area contributed by atoms with Gasteiger partial charge in [0.05, 0.1) is 17.1 Å². The lowest BCUT2D eigenvalue weighted by molar-refractivity contribution is -0.123. The summed E-state index contributed by atoms with van der Waals surface area (Å²) in [4.78, 5) is 17.1. The number of nitrogen functional groups attached to an aromatic ring is 1. The summed E-state index contributed by atoms with van der Waals surface area (Å²) in [6, 6.07) is 3.87. The Morgan fingerprint density at radius 3 is 3.00 bits per heavy atom. The first-order valence-electron chi connectivity index (χ1n) is 4.86. The van der Waals surface area contributed by atoms with E-state index in [9.17, 15) is 4.79 Å². The normalized spacial score (nSPS) is 10.4. The lowest BCUT2D eigenvalue weighted by atomic mass is 10.3. The van der Waals surface area contributed by atoms with Crippen LogP contribution in [0.25, 0.3) is 10.6 Å². The van der Waals surface area contributed by atoms with Gasteiger partial charge in [-0.2, -0.15) is 0 Å². The molecule has 2 aromatic rings. The van der Waals surface area contributed by atoms with E-state index in [1.807, 2.05) is 17.5 Å². The minimum Gasteiger partial charge on any atom is -0.387 e. The number of hydrogen-bond acceptors (Lipinski definition) is 6. The third kappa shape index (κ3) is 3.02. The molecule has 90 valence electrons. The fourth-order valence-corrected chi connectivity index (χ4v) is 2.80. The molecule has 1 amide bonds. The molecule has 2 rings (SSSR count). The number of aliphatic hydroxyl groups excluding tert-OH is 1. The third-order valence-electron chi connectivity index (χ3n) is 2.04. The molecule has 5 nitrogen and oxygen atoms in total. The van der Waals surface area contributed by atoms with Gasteiger partial charge in [0.2, 0.25) is 5.91 Å². The van der Waals surface area contributed by atoms with Crippen LogP contribution < -0.4 is 11.1 Å². The Kier molecular flexibility index (Phi) is 3.72. The molecule has 0 saturated carbocycles. The van der Waals surface area contributed by atoms with Crippen LogP contribution in [0.2, 0.25) is 0 Å². The number of carbonyl (C=O) groups excluding carboxylic acids is 1. The van der Waals surface area contributed by atoms with Crippen molar-refractivity contribution in [3.05, 3.63) is 22.4 Å². The molecule has 0 bridgehead atoms. The van der Waals surface area contributed by atoms with E-state index in [1.165, 1.54) is 11.3 Å². The van der Waals surface area contributed by atoms with Crippen LogP contribution in [0.5, 0.6) is 0 Å². The molecule has 2 heterocycles. The first-order chi connectivity index (χ1) is 8.19. The van der Waals surface area contributed by atoms with E-state index >= 15 is 0 Å². The van der Waals surface area contributed by atoms with E-state index in [0.717, 1.165) is 15.4 Å². The van der Waals surface area contributed by atoms with Gasteiger partial charge in [-0.05, 0) is 12.1 Å². The van der Waals surface area contributed by atoms with Crippen molar-refractivity contribution < 1.29 is 9.90 Å². The number of nitrogens with one attached hydrogen (secondary N) is 1. The maximum Gasteiger partial charge on any atom is 0.246 e. The molecule has 0 saturated heterocycles. The van der Waals surface area contributed by atoms with Crippen molar-refractivity contribution in [3.8, 4) is 10.6 Å². The largest absolute Gasteiger partial charge is 0.387 e. The van der Waals surface area contributed by atoms with Gasteiger partial charge < -0.3 is 16.2 Å². The quantitative estimate of drug-likeness (QED) is 0.774. The molecular weight excluding hydrogens is 258 g/mol. The summed E-state index contributed by atoms with van der Waals surface area (Å²) in [7, 11) is 0. The molecule has 0 unspecified atom stereocenters. The van der Waals surface area contributed by atoms with Crippen LogP contribution in [0.1, 0.15) is 4.88 Å². The minimum absolute atomic E-state index is 0.377. The van der Waals surface area contributed by atoms with Gasteiger partial charge in [-0.25, -0.2) is 4.98 Å². The van der Waals surface area contributed by atoms with Gasteiger partial charge >= 0.3 is 0 Å². The van der Waals surface area contributed by atoms with Crippen LogP contribution in [-0.4, -0.2) is 22.6 Å². The molecule has 0 aliphatic rings. The minimum atomic E-state index is -0.485. The van der Waals surface area contributed by atoms with Gasteiger partial charge in [-0.1, -0.05) is 0 Å². The van der Waals surface area contributed by atoms with Crippen LogP contribution in [-0.2, 0) is 11.3 Å². The standard InChI is InChI=1S/C10H11N3O2S2/c11-10-13-7(5-16-10)8-2-1-6(17-8)3-12-9(15)4-14/h1-2,5,14H,3-4H2,(H2,11,13)(H,12,15). The highest BCUT2D eigenvalue weighted by atomic mass is 32.1. The van der Waals surface area contributed by atoms with E-state index in [0.29, 0.717) is 11.7 Å². The molecule has 17 heavy (non-hydrogen) atoms. The zero-order valence-corrected chi connectivity index (χ0v) is 10.5. The summed E-state index contributed by atoms with van der Waals surface area (Å²) in [6.07, 6.45) is 0. The van der Waals surface area contributed by atoms with Crippen LogP contribution in [0.15, 0.2) is 17.5 Å². The summed E-state index contributed by atoms with van der Waals surface area (Å²) in [6.45, 7) is -0.0649. The van der Waals surface area contributed by atoms with Gasteiger partial charge in [0, 0.05) is 10.3 Å². The first-order valence-corrected chi connectivity index (χ1v) is 6.56. The van der Waals surface area contributed by atoms with Crippen LogP contribution >= 0.6 is 22.7 Å². The summed E-state index contributed by atoms with van der Waals surface area (Å²) in [5, 5.41) is 13.6. The SMILES string of the molecule is Nc1nc(-c2ccc(CNC(=O)CO)s2)cs1. The second kappa shape index (κ2) is 5.26. The second-order valence-corrected chi connectivity index (χ2v) is 5.33. The number of amides is 1. The first kappa shape index (κ1) is 12.0. The number of nitrogens with zero attached hydrogens (tertiary/aromatic N) is 1. The predicted octanol–water partition coefficient (Wildman–Crippen LogP) is 1.06. The lowest BCUT2D eigenvalue weighted by Crippen LogP contribution is -2.25. The summed E-state index contributed by atoms with van der Waals surface area (Å²) >= 11 is 2.94. The fraction of sp³-hybridized carbons (Fsp3) is 0.200. The highest BCUT2D eigenvalue weighted by molar-refractivity contribution is 7.16. The molecule has 0 aromatic carbocycles. The summed E-state index contributed by atoms with van der Waals surface area (Å²) < 4.78 is 0. The van der Waals surface area contributed by atoms with Crippen molar-refractivity contribution in [3.63, 3.8) is 0 Å². The number of thiazole rings is 1. The number of aromatic nitrogens is 1. The monoisotopic (exact) mass is 269 g/mol. The van der Waals surface area contributed by atoms with E-state index in [-0.39, 0.29) is 5.91 Å². The molecule has 0 spiro atoms. The van der Waals surface area contributed by atoms with Crippen molar-refractivity contribution in [2.24, 2.45) is 0 Å². The second-order valence-electron chi connectivity index (χ2n) is 3.27. The highest BCUT2D eigenvalue weighted by Gasteiger charge is 2.07. The number of thiophene rings is 1. The molecule has 4 N–H and O–H groups in total. The number of carbonyl (C=O) groups is 1. The molecule has 7 heteroatoms. The molecule has 0 radical (unpaired) electrons. The third-order valence-corrected chi connectivity index (χ3v) is 3.82. The summed E-state index contributed by atoms with van der Waals surface area (Å²) in [5.74, 6) is -0.377. The van der Waals surface area contributed by atoms with Crippen molar-refractivity contribution >= 4 is 33.7 Å². The maximum absolute atomic E-state index is 10.9. The Labute approximate surface area is 106 Å². The predicted molar refractivity (Wildman–Crippen MR) is 68.8 cm³/mol. The Morgan fingerprint density at radius 2 is 2.35 bits per heavy atom. The zero-order chi connectivity index (χ0) is 12.3. The van der Waals surface area contributed by atoms with Gasteiger partial charge in [0.25, 0.3) is 0 Å². The highest BCUT2D eigenvalue weighted by Crippen LogP contribution is 2.29. The molecular formula is C10H11N3O2S2. The smallest absolute Gasteiger partial charge is 0.246 e. The van der Waals surface area contributed by atoms with E-state index in [4.69, 9.17) is 10.8 Å². The van der Waals surface area contributed by atoms with E-state index in [1.54, 1.807) is 11.3 Å². The summed E-state index contributed by atoms with van der Waals surface area (Å²) in [5.41, 5.74) is 6.42. The number of nitrogens with two attached hydrogens (primary N) is 1. The Hall–Kier alpha value is -1.44. The van der Waals surface area contributed by atoms with Gasteiger partial charge in [0.1, 0.15) is 6.61 Å². The number of anilines is 1. The topological polar surface area (TPSA) is 88.2 Å². The average molecular weight is 269 g/mol. The van der Waals surface area contributed by atoms with Gasteiger partial charge in [-0.15, -0.1) is 22.7 Å². The van der Waals surface area contributed by atoms with E-state index < -0.39 is 6.61 Å².